The summed E-state index contributed by atoms with van der Waals surface area (Å²) in [6.07, 6.45) is 0.923. The Morgan fingerprint density at radius 3 is 1.97 bits per heavy atom. The highest BCUT2D eigenvalue weighted by molar-refractivity contribution is 6.61. The number of hydrogen-bond donors (Lipinski definition) is 0. The molecule has 0 bridgehead atoms. The topological polar surface area (TPSA) is 30.9 Å². The minimum Gasteiger partial charge on any atom is -0.492 e. The Hall–Kier alpha value is -2.86. The van der Waals surface area contributed by atoms with Crippen LogP contribution in [0.25, 0.3) is 11.1 Å². The SMILES string of the molecule is CC/C(=C(\c1ccc(OCCN(C)C)cc1)c1ccc(B2OCC(C)(C)CO2)cc1)c1ccccc1. The van der Waals surface area contributed by atoms with Gasteiger partial charge >= 0.3 is 7.12 Å². The van der Waals surface area contributed by atoms with Gasteiger partial charge in [-0.1, -0.05) is 87.5 Å². The van der Waals surface area contributed by atoms with Gasteiger partial charge in [-0.2, -0.15) is 0 Å². The molecule has 1 aliphatic rings. The first-order chi connectivity index (χ1) is 17.4. The van der Waals surface area contributed by atoms with Crippen molar-refractivity contribution in [1.82, 2.24) is 4.90 Å². The van der Waals surface area contributed by atoms with E-state index in [2.05, 4.69) is 119 Å². The first-order valence-electron chi connectivity index (χ1n) is 12.9. The van der Waals surface area contributed by atoms with Crippen LogP contribution in [0.2, 0.25) is 0 Å². The molecular formula is C31H38BNO3. The van der Waals surface area contributed by atoms with Crippen LogP contribution in [0.3, 0.4) is 0 Å². The first kappa shape index (κ1) is 26.2. The van der Waals surface area contributed by atoms with Crippen LogP contribution < -0.4 is 10.2 Å². The Kier molecular flexibility index (Phi) is 8.68. The zero-order chi connectivity index (χ0) is 25.5. The van der Waals surface area contributed by atoms with Gasteiger partial charge in [-0.15, -0.1) is 0 Å². The van der Waals surface area contributed by atoms with E-state index in [9.17, 15) is 0 Å². The predicted octanol–water partition coefficient (Wildman–Crippen LogP) is 5.76. The summed E-state index contributed by atoms with van der Waals surface area (Å²) in [5.41, 5.74) is 7.26. The lowest BCUT2D eigenvalue weighted by Gasteiger charge is -2.33. The molecule has 1 aliphatic heterocycles. The average Bonchev–Trinajstić information content (AvgIpc) is 2.88. The number of benzene rings is 3. The molecule has 0 N–H and O–H groups in total. The first-order valence-corrected chi connectivity index (χ1v) is 12.9. The van der Waals surface area contributed by atoms with Crippen molar-refractivity contribution in [3.63, 3.8) is 0 Å². The van der Waals surface area contributed by atoms with Gasteiger partial charge in [-0.05, 0) is 65.9 Å². The van der Waals surface area contributed by atoms with Crippen molar-refractivity contribution in [3.05, 3.63) is 95.6 Å². The zero-order valence-corrected chi connectivity index (χ0v) is 22.3. The third kappa shape index (κ3) is 6.67. The van der Waals surface area contributed by atoms with Crippen molar-refractivity contribution in [2.45, 2.75) is 27.2 Å². The summed E-state index contributed by atoms with van der Waals surface area (Å²) in [6.45, 7) is 9.50. The molecule has 0 spiro atoms. The third-order valence-corrected chi connectivity index (χ3v) is 6.45. The van der Waals surface area contributed by atoms with Crippen LogP contribution in [-0.4, -0.2) is 52.5 Å². The summed E-state index contributed by atoms with van der Waals surface area (Å²) in [6, 6.07) is 27.8. The lowest BCUT2D eigenvalue weighted by Crippen LogP contribution is -2.47. The van der Waals surface area contributed by atoms with E-state index >= 15 is 0 Å². The van der Waals surface area contributed by atoms with Gasteiger partial charge < -0.3 is 18.9 Å². The molecule has 3 aromatic carbocycles. The molecule has 0 radical (unpaired) electrons. The molecule has 4 nitrogen and oxygen atoms in total. The van der Waals surface area contributed by atoms with E-state index in [1.54, 1.807) is 0 Å². The van der Waals surface area contributed by atoms with Gasteiger partial charge in [0.15, 0.2) is 0 Å². The number of likely N-dealkylation sites (N-methyl/N-ethyl adjacent to an activating group) is 1. The molecule has 36 heavy (non-hydrogen) atoms. The van der Waals surface area contributed by atoms with Crippen LogP contribution in [0.5, 0.6) is 5.75 Å². The molecule has 0 atom stereocenters. The van der Waals surface area contributed by atoms with Crippen molar-refractivity contribution in [2.24, 2.45) is 5.41 Å². The van der Waals surface area contributed by atoms with Crippen molar-refractivity contribution in [2.75, 3.05) is 40.5 Å². The lowest BCUT2D eigenvalue weighted by molar-refractivity contribution is 0.0343. The number of rotatable bonds is 9. The third-order valence-electron chi connectivity index (χ3n) is 6.45. The van der Waals surface area contributed by atoms with E-state index < -0.39 is 0 Å². The van der Waals surface area contributed by atoms with Crippen LogP contribution in [-0.2, 0) is 9.31 Å². The smallest absolute Gasteiger partial charge is 0.492 e. The zero-order valence-electron chi connectivity index (χ0n) is 22.3. The molecule has 1 heterocycles. The minimum atomic E-state index is -0.308. The van der Waals surface area contributed by atoms with Crippen molar-refractivity contribution in [1.29, 1.82) is 0 Å². The summed E-state index contributed by atoms with van der Waals surface area (Å²) in [5.74, 6) is 0.891. The molecule has 0 saturated carbocycles. The second kappa shape index (κ2) is 11.9. The predicted molar refractivity (Wildman–Crippen MR) is 151 cm³/mol. The average molecular weight is 483 g/mol. The molecule has 3 aromatic rings. The maximum absolute atomic E-state index is 6.01. The molecule has 1 saturated heterocycles. The molecule has 0 aliphatic carbocycles. The number of ether oxygens (including phenoxy) is 1. The monoisotopic (exact) mass is 483 g/mol. The Balaban J connectivity index is 1.66. The second-order valence-electron chi connectivity index (χ2n) is 10.5. The molecule has 0 unspecified atom stereocenters. The Bertz CT molecular complexity index is 1130. The van der Waals surface area contributed by atoms with Gasteiger partial charge in [0.05, 0.1) is 0 Å². The highest BCUT2D eigenvalue weighted by atomic mass is 16.6. The van der Waals surface area contributed by atoms with E-state index in [0.29, 0.717) is 19.8 Å². The molecule has 0 amide bonds. The highest BCUT2D eigenvalue weighted by Gasteiger charge is 2.33. The van der Waals surface area contributed by atoms with Crippen LogP contribution in [0, 0.1) is 5.41 Å². The molecule has 1 fully saturated rings. The van der Waals surface area contributed by atoms with Crippen LogP contribution in [0.4, 0.5) is 0 Å². The summed E-state index contributed by atoms with van der Waals surface area (Å²) < 4.78 is 18.0. The number of allylic oxidation sites excluding steroid dienone is 1. The standard InChI is InChI=1S/C31H38BNO3/c1-6-29(24-10-8-7-9-11-24)30(26-14-18-28(19-15-26)34-21-20-33(4)5)25-12-16-27(17-13-25)32-35-22-31(2,3)23-36-32/h7-19H,6,20-23H2,1-5H3/b30-29+. The Labute approximate surface area is 217 Å². The van der Waals surface area contributed by atoms with Crippen molar-refractivity contribution < 1.29 is 14.0 Å². The van der Waals surface area contributed by atoms with Gasteiger partial charge in [0.25, 0.3) is 0 Å². The van der Waals surface area contributed by atoms with E-state index in [1.165, 1.54) is 27.8 Å². The van der Waals surface area contributed by atoms with Crippen LogP contribution in [0.15, 0.2) is 78.9 Å². The van der Waals surface area contributed by atoms with Crippen LogP contribution >= 0.6 is 0 Å². The molecule has 4 rings (SSSR count). The fourth-order valence-electron chi connectivity index (χ4n) is 4.44. The molecule has 0 aromatic heterocycles. The van der Waals surface area contributed by atoms with Gasteiger partial charge in [0.2, 0.25) is 0 Å². The molecule has 188 valence electrons. The highest BCUT2D eigenvalue weighted by Crippen LogP contribution is 2.35. The largest absolute Gasteiger partial charge is 0.493 e. The maximum atomic E-state index is 6.01. The summed E-state index contributed by atoms with van der Waals surface area (Å²) in [5, 5.41) is 0. The van der Waals surface area contributed by atoms with E-state index in [1.807, 2.05) is 0 Å². The quantitative estimate of drug-likeness (QED) is 0.286. The summed E-state index contributed by atoms with van der Waals surface area (Å²) in [4.78, 5) is 2.12. The van der Waals surface area contributed by atoms with Crippen LogP contribution in [0.1, 0.15) is 43.9 Å². The number of nitrogens with zero attached hydrogens (tertiary/aromatic N) is 1. The Morgan fingerprint density at radius 2 is 1.42 bits per heavy atom. The fourth-order valence-corrected chi connectivity index (χ4v) is 4.44. The van der Waals surface area contributed by atoms with E-state index in [4.69, 9.17) is 14.0 Å². The lowest BCUT2D eigenvalue weighted by atomic mass is 9.75. The summed E-state index contributed by atoms with van der Waals surface area (Å²) >= 11 is 0. The fraction of sp³-hybridized carbons (Fsp3) is 0.355. The second-order valence-corrected chi connectivity index (χ2v) is 10.5. The van der Waals surface area contributed by atoms with Gasteiger partial charge in [-0.3, -0.25) is 0 Å². The van der Waals surface area contributed by atoms with E-state index in [-0.39, 0.29) is 12.5 Å². The molecular weight excluding hydrogens is 445 g/mol. The maximum Gasteiger partial charge on any atom is 0.493 e. The van der Waals surface area contributed by atoms with Gasteiger partial charge in [0.1, 0.15) is 12.4 Å². The van der Waals surface area contributed by atoms with Gasteiger partial charge in [0, 0.05) is 25.2 Å². The van der Waals surface area contributed by atoms with Crippen molar-refractivity contribution >= 4 is 23.7 Å². The normalized spacial score (nSPS) is 16.1. The van der Waals surface area contributed by atoms with Crippen molar-refractivity contribution in [3.8, 4) is 5.75 Å². The summed E-state index contributed by atoms with van der Waals surface area (Å²) in [7, 11) is 3.80. The van der Waals surface area contributed by atoms with Gasteiger partial charge in [-0.25, -0.2) is 0 Å². The van der Waals surface area contributed by atoms with E-state index in [0.717, 1.165) is 24.2 Å². The minimum absolute atomic E-state index is 0.0560. The number of hydrogen-bond acceptors (Lipinski definition) is 4. The Morgan fingerprint density at radius 1 is 0.833 bits per heavy atom. The molecule has 5 heteroatoms.